The van der Waals surface area contributed by atoms with E-state index in [0.717, 1.165) is 12.8 Å². The first-order chi connectivity index (χ1) is 11.7. The molecule has 1 aliphatic carbocycles. The van der Waals surface area contributed by atoms with Crippen LogP contribution < -0.4 is 15.2 Å². The van der Waals surface area contributed by atoms with Crippen LogP contribution in [0.25, 0.3) is 0 Å². The first-order valence-corrected chi connectivity index (χ1v) is 9.85. The molecular weight excluding hydrogens is 401 g/mol. The summed E-state index contributed by atoms with van der Waals surface area (Å²) in [7, 11) is 0.484. The minimum atomic E-state index is -3.97. The molecule has 0 spiro atoms. The maximum atomic E-state index is 13.0. The van der Waals surface area contributed by atoms with E-state index in [-0.39, 0.29) is 40.2 Å². The van der Waals surface area contributed by atoms with E-state index in [1.165, 1.54) is 24.1 Å². The van der Waals surface area contributed by atoms with Gasteiger partial charge in [-0.15, -0.1) is 12.4 Å². The van der Waals surface area contributed by atoms with Crippen LogP contribution in [0.1, 0.15) is 36.0 Å². The molecule has 1 aromatic carbocycles. The number of rotatable bonds is 6. The molecule has 0 aromatic heterocycles. The van der Waals surface area contributed by atoms with Crippen LogP contribution in [0.15, 0.2) is 17.0 Å². The number of nitrogens with one attached hydrogen (secondary N) is 1. The average Bonchev–Trinajstić information content (AvgIpc) is 3.01. The number of hydrogen-bond donors (Lipinski definition) is 2. The van der Waals surface area contributed by atoms with Crippen molar-refractivity contribution >= 4 is 39.9 Å². The van der Waals surface area contributed by atoms with Crippen LogP contribution in [0, 0.1) is 0 Å². The molecular formula is C16H25Cl2N3O4S. The number of benzene rings is 1. The van der Waals surface area contributed by atoms with E-state index < -0.39 is 21.5 Å². The summed E-state index contributed by atoms with van der Waals surface area (Å²) in [4.78, 5) is 13.5. The van der Waals surface area contributed by atoms with Crippen LogP contribution in [0.4, 0.5) is 0 Å². The van der Waals surface area contributed by atoms with Crippen molar-refractivity contribution in [2.24, 2.45) is 5.73 Å². The van der Waals surface area contributed by atoms with E-state index in [9.17, 15) is 13.2 Å². The predicted octanol–water partition coefficient (Wildman–Crippen LogP) is 2.02. The van der Waals surface area contributed by atoms with E-state index in [2.05, 4.69) is 4.72 Å². The molecule has 0 atom stereocenters. The Bertz CT molecular complexity index is 763. The largest absolute Gasteiger partial charge is 0.494 e. The van der Waals surface area contributed by atoms with E-state index >= 15 is 0 Å². The van der Waals surface area contributed by atoms with Gasteiger partial charge in [0.1, 0.15) is 4.90 Å². The maximum Gasteiger partial charge on any atom is 0.257 e. The third-order valence-corrected chi connectivity index (χ3v) is 6.25. The summed E-state index contributed by atoms with van der Waals surface area (Å²) in [6.45, 7) is 0.207. The van der Waals surface area contributed by atoms with Crippen molar-refractivity contribution in [2.45, 2.75) is 36.1 Å². The summed E-state index contributed by atoms with van der Waals surface area (Å²) < 4.78 is 34.0. The molecule has 10 heteroatoms. The molecule has 1 amide bonds. The number of methoxy groups -OCH3 is 1. The second kappa shape index (κ2) is 8.75. The number of carbonyl (C=O) groups is 1. The summed E-state index contributed by atoms with van der Waals surface area (Å²) in [5.41, 5.74) is 5.25. The Labute approximate surface area is 165 Å². The zero-order valence-electron chi connectivity index (χ0n) is 15.0. The van der Waals surface area contributed by atoms with Crippen molar-refractivity contribution in [3.8, 4) is 5.75 Å². The smallest absolute Gasteiger partial charge is 0.257 e. The number of nitrogens with two attached hydrogens (primary N) is 1. The van der Waals surface area contributed by atoms with Crippen LogP contribution in [0.3, 0.4) is 0 Å². The van der Waals surface area contributed by atoms with Crippen LogP contribution in [-0.2, 0) is 10.0 Å². The first kappa shape index (κ1) is 23.0. The van der Waals surface area contributed by atoms with E-state index in [4.69, 9.17) is 22.1 Å². The first-order valence-electron chi connectivity index (χ1n) is 7.99. The Morgan fingerprint density at radius 3 is 2.38 bits per heavy atom. The molecule has 0 radical (unpaired) electrons. The zero-order valence-corrected chi connectivity index (χ0v) is 17.4. The fourth-order valence-corrected chi connectivity index (χ4v) is 5.09. The Morgan fingerprint density at radius 1 is 1.35 bits per heavy atom. The lowest BCUT2D eigenvalue weighted by Crippen LogP contribution is -2.51. The van der Waals surface area contributed by atoms with Gasteiger partial charge in [-0.2, -0.15) is 0 Å². The Kier molecular flexibility index (Phi) is 7.74. The van der Waals surface area contributed by atoms with Crippen molar-refractivity contribution < 1.29 is 17.9 Å². The number of halogens is 2. The maximum absolute atomic E-state index is 13.0. The van der Waals surface area contributed by atoms with Crippen LogP contribution in [-0.4, -0.2) is 52.5 Å². The lowest BCUT2D eigenvalue weighted by Gasteiger charge is -2.29. The molecule has 1 aliphatic rings. The monoisotopic (exact) mass is 425 g/mol. The summed E-state index contributed by atoms with van der Waals surface area (Å²) >= 11 is 6.08. The number of nitrogens with zero attached hydrogens (tertiary/aromatic N) is 1. The minimum absolute atomic E-state index is 0. The second-order valence-electron chi connectivity index (χ2n) is 6.48. The lowest BCUT2D eigenvalue weighted by molar-refractivity contribution is 0.0824. The molecule has 1 fully saturated rings. The van der Waals surface area contributed by atoms with E-state index in [1.807, 2.05) is 0 Å². The summed E-state index contributed by atoms with van der Waals surface area (Å²) in [6.07, 6.45) is 3.18. The minimum Gasteiger partial charge on any atom is -0.494 e. The van der Waals surface area contributed by atoms with Gasteiger partial charge in [0.05, 0.1) is 12.7 Å². The van der Waals surface area contributed by atoms with Crippen LogP contribution in [0.2, 0.25) is 5.02 Å². The van der Waals surface area contributed by atoms with Gasteiger partial charge >= 0.3 is 0 Å². The van der Waals surface area contributed by atoms with Gasteiger partial charge < -0.3 is 15.4 Å². The SMILES string of the molecule is COc1c(C(=O)N(C)C)cc(Cl)cc1S(=O)(=O)NC1(CN)CCCC1.Cl. The van der Waals surface area contributed by atoms with E-state index in [0.29, 0.717) is 12.8 Å². The van der Waals surface area contributed by atoms with Crippen LogP contribution in [0.5, 0.6) is 5.75 Å². The molecule has 1 aromatic rings. The van der Waals surface area contributed by atoms with E-state index in [1.54, 1.807) is 14.1 Å². The molecule has 26 heavy (non-hydrogen) atoms. The number of amides is 1. The highest BCUT2D eigenvalue weighted by atomic mass is 35.5. The van der Waals surface area contributed by atoms with Crippen molar-refractivity contribution in [1.29, 1.82) is 0 Å². The van der Waals surface area contributed by atoms with Gasteiger partial charge in [-0.3, -0.25) is 4.79 Å². The molecule has 3 N–H and O–H groups in total. The Balaban J connectivity index is 0.00000338. The van der Waals surface area contributed by atoms with Gasteiger partial charge in [0.2, 0.25) is 10.0 Å². The molecule has 1 saturated carbocycles. The van der Waals surface area contributed by atoms with Gasteiger partial charge in [-0.05, 0) is 25.0 Å². The molecule has 0 heterocycles. The fourth-order valence-electron chi connectivity index (χ4n) is 3.12. The van der Waals surface area contributed by atoms with Gasteiger partial charge in [0, 0.05) is 31.2 Å². The van der Waals surface area contributed by atoms with Crippen molar-refractivity contribution in [1.82, 2.24) is 9.62 Å². The fraction of sp³-hybridized carbons (Fsp3) is 0.562. The number of carbonyl (C=O) groups excluding carboxylic acids is 1. The highest BCUT2D eigenvalue weighted by molar-refractivity contribution is 7.89. The third kappa shape index (κ3) is 4.61. The quantitative estimate of drug-likeness (QED) is 0.725. The molecule has 2 rings (SSSR count). The Hall–Kier alpha value is -1.06. The second-order valence-corrected chi connectivity index (χ2v) is 8.57. The third-order valence-electron chi connectivity index (χ3n) is 4.45. The van der Waals surface area contributed by atoms with Crippen LogP contribution >= 0.6 is 24.0 Å². The van der Waals surface area contributed by atoms with Crippen molar-refractivity contribution in [2.75, 3.05) is 27.7 Å². The molecule has 148 valence electrons. The number of sulfonamides is 1. The highest BCUT2D eigenvalue weighted by Gasteiger charge is 2.38. The standard InChI is InChI=1S/C16H24ClN3O4S.ClH/c1-20(2)15(21)12-8-11(17)9-13(14(12)24-3)25(22,23)19-16(10-18)6-4-5-7-16;/h8-9,19H,4-7,10,18H2,1-3H3;1H. The van der Waals surface area contributed by atoms with Gasteiger partial charge in [-0.1, -0.05) is 24.4 Å². The predicted molar refractivity (Wildman–Crippen MR) is 104 cm³/mol. The molecule has 0 unspecified atom stereocenters. The zero-order chi connectivity index (χ0) is 18.8. The molecule has 0 aliphatic heterocycles. The molecule has 0 saturated heterocycles. The Morgan fingerprint density at radius 2 is 1.92 bits per heavy atom. The van der Waals surface area contributed by atoms with Gasteiger partial charge in [0.25, 0.3) is 5.91 Å². The summed E-state index contributed by atoms with van der Waals surface area (Å²) in [5, 5.41) is 0.139. The number of ether oxygens (including phenoxy) is 1. The number of hydrogen-bond acceptors (Lipinski definition) is 5. The summed E-state index contributed by atoms with van der Waals surface area (Å²) in [5.74, 6) is -0.425. The topological polar surface area (TPSA) is 102 Å². The normalized spacial score (nSPS) is 16.0. The highest BCUT2D eigenvalue weighted by Crippen LogP contribution is 2.35. The van der Waals surface area contributed by atoms with Gasteiger partial charge in [0.15, 0.2) is 5.75 Å². The van der Waals surface area contributed by atoms with Crippen molar-refractivity contribution in [3.63, 3.8) is 0 Å². The summed E-state index contributed by atoms with van der Waals surface area (Å²) in [6, 6.07) is 2.68. The molecule has 7 nitrogen and oxygen atoms in total. The average molecular weight is 426 g/mol. The van der Waals surface area contributed by atoms with Crippen molar-refractivity contribution in [3.05, 3.63) is 22.7 Å². The van der Waals surface area contributed by atoms with Gasteiger partial charge in [-0.25, -0.2) is 13.1 Å². The lowest BCUT2D eigenvalue weighted by atomic mass is 10.0. The molecule has 0 bridgehead atoms.